The van der Waals surface area contributed by atoms with Gasteiger partial charge in [-0.15, -0.1) is 11.3 Å². The highest BCUT2D eigenvalue weighted by Crippen LogP contribution is 2.37. The number of fused-ring (bicyclic) bond motifs is 1. The molecule has 3 heterocycles. The van der Waals surface area contributed by atoms with Gasteiger partial charge in [0.15, 0.2) is 16.3 Å². The number of hydrogen-bond acceptors (Lipinski definition) is 8. The zero-order valence-corrected chi connectivity index (χ0v) is 21.6. The number of rotatable bonds is 10. The summed E-state index contributed by atoms with van der Waals surface area (Å²) in [5, 5.41) is 24.6. The van der Waals surface area contributed by atoms with Gasteiger partial charge in [0, 0.05) is 36.1 Å². The Balaban J connectivity index is 1.14. The number of likely N-dealkylation sites (tertiary alicyclic amines) is 1. The quantitative estimate of drug-likeness (QED) is 0.254. The maximum atomic E-state index is 12.4. The molecule has 1 aromatic heterocycles. The first kappa shape index (κ1) is 25.3. The van der Waals surface area contributed by atoms with E-state index in [4.69, 9.17) is 9.84 Å². The maximum Gasteiger partial charge on any atom is 0.355 e. The number of hydrogen-bond donors (Lipinski definition) is 3. The van der Waals surface area contributed by atoms with Gasteiger partial charge in [0.05, 0.1) is 17.8 Å². The number of aliphatic hydroxyl groups is 1. The van der Waals surface area contributed by atoms with Crippen molar-refractivity contribution in [2.75, 3.05) is 17.6 Å². The fraction of sp³-hybridized carbons (Fsp3) is 0.296. The summed E-state index contributed by atoms with van der Waals surface area (Å²) in [6.45, 7) is 0.537. The van der Waals surface area contributed by atoms with Crippen LogP contribution >= 0.6 is 23.1 Å². The van der Waals surface area contributed by atoms with E-state index in [1.54, 1.807) is 6.08 Å². The molecule has 3 N–H and O–H groups in total. The molecule has 2 aliphatic heterocycles. The van der Waals surface area contributed by atoms with Crippen LogP contribution in [0.5, 0.6) is 5.75 Å². The Morgan fingerprint density at radius 1 is 1.30 bits per heavy atom. The SMILES string of the molecule is O=C(O)c1csc(SCCN2C(=O)CCC2C=C[C@@H](O)Cc2cccc(C3Nc4ccccc4O3)c2)n1. The third kappa shape index (κ3) is 6.15. The highest BCUT2D eigenvalue weighted by Gasteiger charge is 2.29. The third-order valence-electron chi connectivity index (χ3n) is 6.31. The number of ether oxygens (including phenoxy) is 1. The number of carbonyl (C=O) groups is 2. The number of carbonyl (C=O) groups excluding carboxylic acids is 1. The minimum atomic E-state index is -1.04. The van der Waals surface area contributed by atoms with Crippen molar-refractivity contribution in [3.8, 4) is 5.75 Å². The third-order valence-corrected chi connectivity index (χ3v) is 8.31. The van der Waals surface area contributed by atoms with Crippen molar-refractivity contribution in [1.29, 1.82) is 0 Å². The molecule has 1 amide bonds. The molecule has 1 fully saturated rings. The number of benzene rings is 2. The van der Waals surface area contributed by atoms with Crippen LogP contribution in [0.4, 0.5) is 5.69 Å². The standard InChI is InChI=1S/C27H27N3O5S2/c31-20(15-17-4-3-5-18(14-17)25-28-21-6-1-2-7-23(21)35-25)10-8-19-9-11-24(32)30(19)12-13-36-27-29-22(16-37-27)26(33)34/h1-8,10,14,16,19-20,25,28,31H,9,11-13,15H2,(H,33,34)/t19?,20-,25?/m1/s1. The number of carboxylic acids is 1. The minimum Gasteiger partial charge on any atom is -0.476 e. The molecular weight excluding hydrogens is 510 g/mol. The van der Waals surface area contributed by atoms with E-state index in [0.29, 0.717) is 35.9 Å². The van der Waals surface area contributed by atoms with E-state index >= 15 is 0 Å². The molecule has 1 saturated heterocycles. The van der Waals surface area contributed by atoms with Crippen molar-refractivity contribution in [1.82, 2.24) is 9.88 Å². The van der Waals surface area contributed by atoms with E-state index in [0.717, 1.165) is 22.6 Å². The maximum absolute atomic E-state index is 12.4. The van der Waals surface area contributed by atoms with Gasteiger partial charge in [-0.3, -0.25) is 4.79 Å². The number of aromatic nitrogens is 1. The molecule has 0 saturated carbocycles. The van der Waals surface area contributed by atoms with Gasteiger partial charge in [0.2, 0.25) is 5.91 Å². The summed E-state index contributed by atoms with van der Waals surface area (Å²) in [4.78, 5) is 29.3. The normalized spacial score (nSPS) is 19.6. The summed E-state index contributed by atoms with van der Waals surface area (Å²) in [7, 11) is 0. The molecule has 0 spiro atoms. The van der Waals surface area contributed by atoms with Crippen molar-refractivity contribution < 1.29 is 24.5 Å². The Kier molecular flexibility index (Phi) is 7.78. The van der Waals surface area contributed by atoms with Gasteiger partial charge in [-0.25, -0.2) is 9.78 Å². The number of thioether (sulfide) groups is 1. The number of nitrogens with zero attached hydrogens (tertiary/aromatic N) is 2. The monoisotopic (exact) mass is 537 g/mol. The number of aliphatic hydroxyl groups excluding tert-OH is 1. The van der Waals surface area contributed by atoms with Crippen LogP contribution in [-0.4, -0.2) is 56.4 Å². The first-order valence-electron chi connectivity index (χ1n) is 12.0. The number of nitrogens with one attached hydrogen (secondary N) is 1. The Morgan fingerprint density at radius 3 is 2.97 bits per heavy atom. The van der Waals surface area contributed by atoms with Gasteiger partial charge in [-0.05, 0) is 24.1 Å². The van der Waals surface area contributed by atoms with Gasteiger partial charge in [0.25, 0.3) is 0 Å². The smallest absolute Gasteiger partial charge is 0.355 e. The van der Waals surface area contributed by atoms with E-state index in [-0.39, 0.29) is 23.9 Å². The summed E-state index contributed by atoms with van der Waals surface area (Å²) in [5.41, 5.74) is 3.00. The molecule has 0 radical (unpaired) electrons. The molecule has 192 valence electrons. The molecule has 0 aliphatic carbocycles. The fourth-order valence-electron chi connectivity index (χ4n) is 4.49. The minimum absolute atomic E-state index is 0.0437. The Labute approximate surface area is 223 Å². The highest BCUT2D eigenvalue weighted by atomic mass is 32.2. The summed E-state index contributed by atoms with van der Waals surface area (Å²) >= 11 is 2.74. The van der Waals surface area contributed by atoms with Gasteiger partial charge in [0.1, 0.15) is 5.75 Å². The lowest BCUT2D eigenvalue weighted by molar-refractivity contribution is -0.128. The Morgan fingerprint density at radius 2 is 2.16 bits per heavy atom. The zero-order chi connectivity index (χ0) is 25.8. The lowest BCUT2D eigenvalue weighted by Crippen LogP contribution is -2.33. The molecule has 5 rings (SSSR count). The van der Waals surface area contributed by atoms with Crippen LogP contribution in [-0.2, 0) is 11.2 Å². The number of anilines is 1. The van der Waals surface area contributed by atoms with Crippen LogP contribution in [0.3, 0.4) is 0 Å². The van der Waals surface area contributed by atoms with Crippen LogP contribution in [0.15, 0.2) is 70.4 Å². The molecule has 2 aromatic carbocycles. The molecule has 0 bridgehead atoms. The van der Waals surface area contributed by atoms with Crippen LogP contribution in [0.25, 0.3) is 0 Å². The molecule has 2 unspecified atom stereocenters. The highest BCUT2D eigenvalue weighted by molar-refractivity contribution is 8.01. The zero-order valence-electron chi connectivity index (χ0n) is 19.9. The van der Waals surface area contributed by atoms with Gasteiger partial charge >= 0.3 is 5.97 Å². The predicted octanol–water partition coefficient (Wildman–Crippen LogP) is 4.59. The second-order valence-electron chi connectivity index (χ2n) is 8.89. The lowest BCUT2D eigenvalue weighted by Gasteiger charge is -2.22. The topological polar surface area (TPSA) is 112 Å². The predicted molar refractivity (Wildman–Crippen MR) is 143 cm³/mol. The van der Waals surface area contributed by atoms with Crippen LogP contribution in [0.1, 0.15) is 40.7 Å². The average molecular weight is 538 g/mol. The van der Waals surface area contributed by atoms with E-state index < -0.39 is 12.1 Å². The molecular formula is C27H27N3O5S2. The summed E-state index contributed by atoms with van der Waals surface area (Å²) in [6, 6.07) is 15.8. The first-order chi connectivity index (χ1) is 18.0. The first-order valence-corrected chi connectivity index (χ1v) is 13.9. The summed E-state index contributed by atoms with van der Waals surface area (Å²) in [5.74, 6) is 0.501. The van der Waals surface area contributed by atoms with E-state index in [1.165, 1.54) is 28.5 Å². The Hall–Kier alpha value is -3.34. The number of para-hydroxylation sites is 2. The molecule has 3 aromatic rings. The summed E-state index contributed by atoms with van der Waals surface area (Å²) in [6.07, 6.45) is 4.41. The number of aromatic carboxylic acids is 1. The average Bonchev–Trinajstić information content (AvgIpc) is 3.62. The fourth-order valence-corrected chi connectivity index (χ4v) is 6.30. The molecule has 37 heavy (non-hydrogen) atoms. The van der Waals surface area contributed by atoms with Crippen LogP contribution < -0.4 is 10.1 Å². The van der Waals surface area contributed by atoms with Crippen LogP contribution in [0, 0.1) is 0 Å². The molecule has 10 heteroatoms. The van der Waals surface area contributed by atoms with Crippen LogP contribution in [0.2, 0.25) is 0 Å². The number of thiazole rings is 1. The molecule has 2 aliphatic rings. The summed E-state index contributed by atoms with van der Waals surface area (Å²) < 4.78 is 6.68. The second-order valence-corrected chi connectivity index (χ2v) is 11.1. The van der Waals surface area contributed by atoms with E-state index in [2.05, 4.69) is 10.3 Å². The Bertz CT molecular complexity index is 1290. The molecule has 8 nitrogen and oxygen atoms in total. The van der Waals surface area contributed by atoms with Gasteiger partial charge < -0.3 is 25.2 Å². The van der Waals surface area contributed by atoms with E-state index in [9.17, 15) is 14.7 Å². The number of amides is 1. The largest absolute Gasteiger partial charge is 0.476 e. The van der Waals surface area contributed by atoms with Crippen molar-refractivity contribution in [3.63, 3.8) is 0 Å². The van der Waals surface area contributed by atoms with Crippen molar-refractivity contribution in [3.05, 3.63) is 82.9 Å². The van der Waals surface area contributed by atoms with Crippen molar-refractivity contribution in [2.24, 2.45) is 0 Å². The van der Waals surface area contributed by atoms with Gasteiger partial charge in [-0.1, -0.05) is 60.3 Å². The number of carboxylic acid groups (broad SMARTS) is 1. The second kappa shape index (κ2) is 11.4. The van der Waals surface area contributed by atoms with E-state index in [1.807, 2.05) is 59.5 Å². The van der Waals surface area contributed by atoms with Gasteiger partial charge in [-0.2, -0.15) is 0 Å². The molecule has 3 atom stereocenters. The van der Waals surface area contributed by atoms with Crippen molar-refractivity contribution in [2.45, 2.75) is 42.0 Å². The van der Waals surface area contributed by atoms with Crippen molar-refractivity contribution >= 4 is 40.7 Å². The lowest BCUT2D eigenvalue weighted by atomic mass is 10.0.